The van der Waals surface area contributed by atoms with E-state index in [-0.39, 0.29) is 17.9 Å². The number of piperazine rings is 1. The monoisotopic (exact) mass is 463 g/mol. The molecule has 1 aliphatic heterocycles. The van der Waals surface area contributed by atoms with Crippen LogP contribution in [-0.2, 0) is 9.53 Å². The van der Waals surface area contributed by atoms with Crippen molar-refractivity contribution in [3.8, 4) is 11.1 Å². The molecule has 4 rings (SSSR count). The maximum Gasteiger partial charge on any atom is 0.407 e. The number of carbonyl (C=O) groups is 2. The molecule has 1 saturated heterocycles. The lowest BCUT2D eigenvalue weighted by Gasteiger charge is -2.37. The predicted molar refractivity (Wildman–Crippen MR) is 135 cm³/mol. The van der Waals surface area contributed by atoms with Crippen molar-refractivity contribution < 1.29 is 14.3 Å². The van der Waals surface area contributed by atoms with Gasteiger partial charge in [0.15, 0.2) is 0 Å². The molecule has 0 radical (unpaired) electrons. The summed E-state index contributed by atoms with van der Waals surface area (Å²) < 4.78 is 5.57. The SMILES string of the molecule is CC(C)N1CCN(C(=O)CCCCCNC(=O)OCC2c3ccccc3-c3ccccc32)CC1. The van der Waals surface area contributed by atoms with Crippen molar-refractivity contribution in [1.29, 1.82) is 0 Å². The molecule has 0 aromatic heterocycles. The highest BCUT2D eigenvalue weighted by Crippen LogP contribution is 2.44. The van der Waals surface area contributed by atoms with Crippen molar-refractivity contribution >= 4 is 12.0 Å². The van der Waals surface area contributed by atoms with Crippen molar-refractivity contribution in [2.45, 2.75) is 51.5 Å². The summed E-state index contributed by atoms with van der Waals surface area (Å²) in [6.45, 7) is 8.90. The first-order valence-corrected chi connectivity index (χ1v) is 12.6. The third-order valence-corrected chi connectivity index (χ3v) is 7.08. The summed E-state index contributed by atoms with van der Waals surface area (Å²) in [6, 6.07) is 17.2. The molecule has 6 nitrogen and oxygen atoms in total. The third-order valence-electron chi connectivity index (χ3n) is 7.08. The van der Waals surface area contributed by atoms with Gasteiger partial charge in [0.1, 0.15) is 6.61 Å². The van der Waals surface area contributed by atoms with Crippen molar-refractivity contribution in [3.63, 3.8) is 0 Å². The lowest BCUT2D eigenvalue weighted by molar-refractivity contribution is -0.133. The maximum absolute atomic E-state index is 12.4. The molecule has 2 aliphatic rings. The first-order chi connectivity index (χ1) is 16.5. The first-order valence-electron chi connectivity index (χ1n) is 12.6. The van der Waals surface area contributed by atoms with Gasteiger partial charge in [0.2, 0.25) is 5.91 Å². The molecule has 0 atom stereocenters. The van der Waals surface area contributed by atoms with E-state index in [1.165, 1.54) is 22.3 Å². The molecular weight excluding hydrogens is 426 g/mol. The Morgan fingerprint density at radius 1 is 0.912 bits per heavy atom. The summed E-state index contributed by atoms with van der Waals surface area (Å²) in [6.07, 6.45) is 2.84. The van der Waals surface area contributed by atoms with Gasteiger partial charge in [-0.2, -0.15) is 0 Å². The molecule has 2 amide bonds. The number of hydrogen-bond donors (Lipinski definition) is 1. The van der Waals surface area contributed by atoms with Gasteiger partial charge >= 0.3 is 6.09 Å². The number of ether oxygens (including phenoxy) is 1. The number of amides is 2. The van der Waals surface area contributed by atoms with Crippen LogP contribution in [0, 0.1) is 0 Å². The zero-order valence-electron chi connectivity index (χ0n) is 20.5. The fourth-order valence-corrected chi connectivity index (χ4v) is 5.06. The summed E-state index contributed by atoms with van der Waals surface area (Å²) in [5, 5.41) is 2.86. The van der Waals surface area contributed by atoms with Crippen LogP contribution in [0.4, 0.5) is 4.79 Å². The molecule has 0 spiro atoms. The van der Waals surface area contributed by atoms with Gasteiger partial charge in [-0.25, -0.2) is 4.79 Å². The van der Waals surface area contributed by atoms with Crippen molar-refractivity contribution in [2.75, 3.05) is 39.3 Å². The van der Waals surface area contributed by atoms with E-state index in [9.17, 15) is 9.59 Å². The zero-order valence-corrected chi connectivity index (χ0v) is 20.5. The van der Waals surface area contributed by atoms with Gasteiger partial charge in [0.25, 0.3) is 0 Å². The van der Waals surface area contributed by atoms with Crippen molar-refractivity contribution in [1.82, 2.24) is 15.1 Å². The largest absolute Gasteiger partial charge is 0.449 e. The third kappa shape index (κ3) is 5.79. The topological polar surface area (TPSA) is 61.9 Å². The van der Waals surface area contributed by atoms with Gasteiger partial charge in [-0.15, -0.1) is 0 Å². The number of carbonyl (C=O) groups excluding carboxylic acids is 2. The molecular formula is C28H37N3O3. The average Bonchev–Trinajstić information content (AvgIpc) is 3.18. The second-order valence-electron chi connectivity index (χ2n) is 9.57. The smallest absolute Gasteiger partial charge is 0.407 e. The highest BCUT2D eigenvalue weighted by atomic mass is 16.5. The number of rotatable bonds is 9. The van der Waals surface area contributed by atoms with Crippen molar-refractivity contribution in [2.24, 2.45) is 0 Å². The van der Waals surface area contributed by atoms with E-state index in [1.807, 2.05) is 29.2 Å². The normalized spacial score (nSPS) is 15.8. The van der Waals surface area contributed by atoms with Crippen LogP contribution in [0.15, 0.2) is 48.5 Å². The zero-order chi connectivity index (χ0) is 23.9. The first kappa shape index (κ1) is 24.3. The number of hydrogen-bond acceptors (Lipinski definition) is 4. The lowest BCUT2D eigenvalue weighted by Crippen LogP contribution is -2.50. The molecule has 1 fully saturated rings. The van der Waals surface area contributed by atoms with E-state index in [0.29, 0.717) is 25.6 Å². The Bertz CT molecular complexity index is 937. The van der Waals surface area contributed by atoms with Crippen LogP contribution in [0.2, 0.25) is 0 Å². The van der Waals surface area contributed by atoms with E-state index >= 15 is 0 Å². The molecule has 0 bridgehead atoms. The van der Waals surface area contributed by atoms with Gasteiger partial charge in [-0.3, -0.25) is 9.69 Å². The number of alkyl carbamates (subject to hydrolysis) is 1. The van der Waals surface area contributed by atoms with Crippen molar-refractivity contribution in [3.05, 3.63) is 59.7 Å². The van der Waals surface area contributed by atoms with Gasteiger partial charge in [-0.05, 0) is 48.9 Å². The highest BCUT2D eigenvalue weighted by Gasteiger charge is 2.29. The quantitative estimate of drug-likeness (QED) is 0.551. The van der Waals surface area contributed by atoms with Gasteiger partial charge < -0.3 is 15.0 Å². The summed E-state index contributed by atoms with van der Waals surface area (Å²) >= 11 is 0. The summed E-state index contributed by atoms with van der Waals surface area (Å²) in [4.78, 5) is 29.1. The Morgan fingerprint density at radius 2 is 1.53 bits per heavy atom. The number of benzene rings is 2. The summed E-state index contributed by atoms with van der Waals surface area (Å²) in [7, 11) is 0. The number of unbranched alkanes of at least 4 members (excludes halogenated alkanes) is 2. The minimum absolute atomic E-state index is 0.0755. The van der Waals surface area contributed by atoms with Crippen LogP contribution in [0.25, 0.3) is 11.1 Å². The van der Waals surface area contributed by atoms with Crippen LogP contribution in [0.3, 0.4) is 0 Å². The van der Waals surface area contributed by atoms with E-state index in [1.54, 1.807) is 0 Å². The minimum Gasteiger partial charge on any atom is -0.449 e. The van der Waals surface area contributed by atoms with E-state index < -0.39 is 0 Å². The molecule has 1 heterocycles. The van der Waals surface area contributed by atoms with Crippen LogP contribution in [-0.4, -0.2) is 67.2 Å². The lowest BCUT2D eigenvalue weighted by atomic mass is 9.98. The van der Waals surface area contributed by atoms with E-state index in [0.717, 1.165) is 45.4 Å². The molecule has 34 heavy (non-hydrogen) atoms. The second-order valence-corrected chi connectivity index (χ2v) is 9.57. The molecule has 1 N–H and O–H groups in total. The standard InChI is InChI=1S/C28H37N3O3/c1-21(2)30-16-18-31(19-17-30)27(32)14-4-3-9-15-29-28(33)34-20-26-24-12-7-5-10-22(24)23-11-6-8-13-25(23)26/h5-8,10-13,21,26H,3-4,9,14-20H2,1-2H3,(H,29,33). The van der Waals surface area contributed by atoms with Crippen LogP contribution < -0.4 is 5.32 Å². The van der Waals surface area contributed by atoms with E-state index in [2.05, 4.69) is 48.3 Å². The number of fused-ring (bicyclic) bond motifs is 3. The molecule has 2 aromatic carbocycles. The van der Waals surface area contributed by atoms with E-state index in [4.69, 9.17) is 4.74 Å². The fourth-order valence-electron chi connectivity index (χ4n) is 5.06. The second kappa shape index (κ2) is 11.5. The molecule has 0 saturated carbocycles. The van der Waals surface area contributed by atoms with Gasteiger partial charge in [0, 0.05) is 51.1 Å². The Balaban J connectivity index is 1.11. The summed E-state index contributed by atoms with van der Waals surface area (Å²) in [5.41, 5.74) is 4.88. The molecule has 2 aromatic rings. The Labute approximate surface area is 203 Å². The predicted octanol–water partition coefficient (Wildman–Crippen LogP) is 4.64. The number of nitrogens with one attached hydrogen (secondary N) is 1. The molecule has 182 valence electrons. The average molecular weight is 464 g/mol. The highest BCUT2D eigenvalue weighted by molar-refractivity contribution is 5.79. The van der Waals surface area contributed by atoms with Crippen LogP contribution >= 0.6 is 0 Å². The Morgan fingerprint density at radius 3 is 2.15 bits per heavy atom. The number of nitrogens with zero attached hydrogens (tertiary/aromatic N) is 2. The minimum atomic E-state index is -0.374. The van der Waals surface area contributed by atoms with Gasteiger partial charge in [-0.1, -0.05) is 55.0 Å². The maximum atomic E-state index is 12.4. The molecule has 6 heteroatoms. The Hall–Kier alpha value is -2.86. The fraction of sp³-hybridized carbons (Fsp3) is 0.500. The summed E-state index contributed by atoms with van der Waals surface area (Å²) in [5.74, 6) is 0.333. The van der Waals surface area contributed by atoms with Gasteiger partial charge in [0.05, 0.1) is 0 Å². The Kier molecular flexibility index (Phi) is 8.22. The molecule has 0 unspecified atom stereocenters. The molecule has 1 aliphatic carbocycles. The van der Waals surface area contributed by atoms with Crippen LogP contribution in [0.5, 0.6) is 0 Å². The van der Waals surface area contributed by atoms with Crippen LogP contribution in [0.1, 0.15) is 56.6 Å².